The fourth-order valence-electron chi connectivity index (χ4n) is 2.63. The van der Waals surface area contributed by atoms with Gasteiger partial charge in [0.2, 0.25) is 0 Å². The zero-order chi connectivity index (χ0) is 19.2. The molecule has 0 aliphatic heterocycles. The molecular weight excluding hydrogens is 440 g/mol. The molecule has 0 saturated heterocycles. The molecule has 2 aromatic heterocycles. The minimum absolute atomic E-state index is 0.0670. The molecule has 25 heavy (non-hydrogen) atoms. The van der Waals surface area contributed by atoms with E-state index in [1.54, 1.807) is 0 Å². The van der Waals surface area contributed by atoms with Gasteiger partial charge in [0, 0.05) is 5.41 Å². The molecule has 0 aliphatic rings. The quantitative estimate of drug-likeness (QED) is 0.447. The Morgan fingerprint density at radius 2 is 0.920 bits per heavy atom. The number of halogens is 2. The maximum Gasteiger partial charge on any atom is 0.106 e. The van der Waals surface area contributed by atoms with Crippen molar-refractivity contribution in [2.24, 2.45) is 0 Å². The Hall–Kier alpha value is -0.740. The molecule has 0 atom stereocenters. The first kappa shape index (κ1) is 20.6. The van der Waals surface area contributed by atoms with Crippen LogP contribution in [0.25, 0.3) is 0 Å². The minimum Gasteiger partial charge on any atom is -0.245 e. The molecule has 0 spiro atoms. The summed E-state index contributed by atoms with van der Waals surface area (Å²) in [5, 5.41) is 0. The van der Waals surface area contributed by atoms with Crippen LogP contribution < -0.4 is 0 Å². The molecule has 136 valence electrons. The third-order valence-corrected chi connectivity index (χ3v) is 5.41. The lowest BCUT2D eigenvalue weighted by molar-refractivity contribution is 0.555. The van der Waals surface area contributed by atoms with Crippen LogP contribution in [0.3, 0.4) is 0 Å². The predicted octanol–water partition coefficient (Wildman–Crippen LogP) is 6.92. The van der Waals surface area contributed by atoms with Crippen molar-refractivity contribution in [2.75, 3.05) is 0 Å². The first-order valence-corrected chi connectivity index (χ1v) is 10.2. The highest BCUT2D eigenvalue weighted by Gasteiger charge is 2.30. The van der Waals surface area contributed by atoms with Crippen LogP contribution in [-0.2, 0) is 16.2 Å². The summed E-state index contributed by atoms with van der Waals surface area (Å²) in [4.78, 5) is 9.56. The summed E-state index contributed by atoms with van der Waals surface area (Å²) in [6.07, 6.45) is 0. The molecule has 0 saturated carbocycles. The van der Waals surface area contributed by atoms with Crippen molar-refractivity contribution in [3.05, 3.63) is 56.0 Å². The van der Waals surface area contributed by atoms with Crippen LogP contribution >= 0.6 is 31.9 Å². The molecule has 0 unspecified atom stereocenters. The average Bonchev–Trinajstić information content (AvgIpc) is 2.44. The maximum absolute atomic E-state index is 4.78. The van der Waals surface area contributed by atoms with E-state index in [0.717, 1.165) is 20.6 Å². The van der Waals surface area contributed by atoms with E-state index in [1.807, 2.05) is 0 Å². The van der Waals surface area contributed by atoms with Gasteiger partial charge >= 0.3 is 0 Å². The topological polar surface area (TPSA) is 25.8 Å². The Kier molecular flexibility index (Phi) is 5.57. The third kappa shape index (κ3) is 4.71. The van der Waals surface area contributed by atoms with Crippen LogP contribution in [0.5, 0.6) is 0 Å². The number of aromatic nitrogens is 2. The normalized spacial score (nSPS) is 13.2. The lowest BCUT2D eigenvalue weighted by Crippen LogP contribution is -2.25. The van der Waals surface area contributed by atoms with Crippen molar-refractivity contribution in [3.8, 4) is 0 Å². The third-order valence-electron chi connectivity index (χ3n) is 4.60. The van der Waals surface area contributed by atoms with Gasteiger partial charge in [-0.05, 0) is 91.9 Å². The van der Waals surface area contributed by atoms with E-state index in [4.69, 9.17) is 9.97 Å². The zero-order valence-corrected chi connectivity index (χ0v) is 19.6. The molecule has 2 nitrogen and oxygen atoms in total. The van der Waals surface area contributed by atoms with Gasteiger partial charge in [0.1, 0.15) is 9.21 Å². The SMILES string of the molecule is CC(C)(C)c1cc(Br)nc(C(C)(C)c2cc(C(C)(C)C)cc(Br)n2)c1. The first-order chi connectivity index (χ1) is 11.2. The fourth-order valence-corrected chi connectivity index (χ4v) is 3.51. The summed E-state index contributed by atoms with van der Waals surface area (Å²) in [5.41, 5.74) is 4.42. The summed E-state index contributed by atoms with van der Waals surface area (Å²) in [7, 11) is 0. The smallest absolute Gasteiger partial charge is 0.106 e. The van der Waals surface area contributed by atoms with E-state index in [1.165, 1.54) is 11.1 Å². The Balaban J connectivity index is 2.63. The highest BCUT2D eigenvalue weighted by molar-refractivity contribution is 9.10. The van der Waals surface area contributed by atoms with Gasteiger partial charge in [-0.25, -0.2) is 9.97 Å². The van der Waals surface area contributed by atoms with Crippen molar-refractivity contribution < 1.29 is 0 Å². The van der Waals surface area contributed by atoms with E-state index >= 15 is 0 Å². The van der Waals surface area contributed by atoms with Gasteiger partial charge in [-0.2, -0.15) is 0 Å². The molecule has 0 fully saturated rings. The second-order valence-electron chi connectivity index (χ2n) is 9.25. The molecule has 0 N–H and O–H groups in total. The van der Waals surface area contributed by atoms with Crippen LogP contribution in [0.1, 0.15) is 77.9 Å². The van der Waals surface area contributed by atoms with E-state index in [-0.39, 0.29) is 16.2 Å². The van der Waals surface area contributed by atoms with Crippen LogP contribution in [0.2, 0.25) is 0 Å². The lowest BCUT2D eigenvalue weighted by Gasteiger charge is -2.29. The predicted molar refractivity (Wildman–Crippen MR) is 113 cm³/mol. The van der Waals surface area contributed by atoms with Gasteiger partial charge in [0.05, 0.1) is 11.4 Å². The Morgan fingerprint density at radius 1 is 0.600 bits per heavy atom. The fraction of sp³-hybridized carbons (Fsp3) is 0.524. The molecule has 2 aromatic rings. The second kappa shape index (κ2) is 6.77. The van der Waals surface area contributed by atoms with Crippen molar-refractivity contribution in [3.63, 3.8) is 0 Å². The van der Waals surface area contributed by atoms with Crippen LogP contribution in [0.15, 0.2) is 33.5 Å². The van der Waals surface area contributed by atoms with Crippen molar-refractivity contribution >= 4 is 31.9 Å². The summed E-state index contributed by atoms with van der Waals surface area (Å²) in [6.45, 7) is 17.7. The Morgan fingerprint density at radius 3 is 1.20 bits per heavy atom. The van der Waals surface area contributed by atoms with Crippen LogP contribution in [0.4, 0.5) is 0 Å². The van der Waals surface area contributed by atoms with E-state index in [0.29, 0.717) is 0 Å². The number of pyridine rings is 2. The number of nitrogens with zero attached hydrogens (tertiary/aromatic N) is 2. The lowest BCUT2D eigenvalue weighted by atomic mass is 9.79. The molecule has 0 amide bonds. The van der Waals surface area contributed by atoms with Gasteiger partial charge in [-0.1, -0.05) is 41.5 Å². The molecule has 0 radical (unpaired) electrons. The van der Waals surface area contributed by atoms with Crippen LogP contribution in [0, 0.1) is 0 Å². The zero-order valence-electron chi connectivity index (χ0n) is 16.5. The molecule has 2 heterocycles. The summed E-state index contributed by atoms with van der Waals surface area (Å²) < 4.78 is 1.74. The van der Waals surface area contributed by atoms with Gasteiger partial charge in [-0.15, -0.1) is 0 Å². The van der Waals surface area contributed by atoms with Gasteiger partial charge in [-0.3, -0.25) is 0 Å². The molecule has 4 heteroatoms. The second-order valence-corrected chi connectivity index (χ2v) is 10.9. The monoisotopic (exact) mass is 466 g/mol. The van der Waals surface area contributed by atoms with E-state index in [2.05, 4.69) is 112 Å². The average molecular weight is 468 g/mol. The Bertz CT molecular complexity index is 716. The summed E-state index contributed by atoms with van der Waals surface area (Å²) in [5.74, 6) is 0. The van der Waals surface area contributed by atoms with Crippen molar-refractivity contribution in [2.45, 2.75) is 71.6 Å². The minimum atomic E-state index is -0.298. The molecular formula is C21H28Br2N2. The highest BCUT2D eigenvalue weighted by atomic mass is 79.9. The summed E-state index contributed by atoms with van der Waals surface area (Å²) >= 11 is 7.18. The Labute approximate surface area is 169 Å². The molecule has 0 aromatic carbocycles. The largest absolute Gasteiger partial charge is 0.245 e. The van der Waals surface area contributed by atoms with Crippen molar-refractivity contribution in [1.29, 1.82) is 0 Å². The van der Waals surface area contributed by atoms with Crippen LogP contribution in [-0.4, -0.2) is 9.97 Å². The standard InChI is InChI=1S/C21H28Br2N2/c1-19(2,3)13-9-15(24-17(22)11-13)21(7,8)16-10-14(20(4,5)6)12-18(23)25-16/h9-12H,1-8H3. The molecule has 2 rings (SSSR count). The van der Waals surface area contributed by atoms with E-state index < -0.39 is 0 Å². The maximum atomic E-state index is 4.78. The number of hydrogen-bond acceptors (Lipinski definition) is 2. The number of hydrogen-bond donors (Lipinski definition) is 0. The highest BCUT2D eigenvalue weighted by Crippen LogP contribution is 2.36. The molecule has 0 bridgehead atoms. The summed E-state index contributed by atoms with van der Waals surface area (Å²) in [6, 6.07) is 8.64. The van der Waals surface area contributed by atoms with Crippen molar-refractivity contribution in [1.82, 2.24) is 9.97 Å². The van der Waals surface area contributed by atoms with Gasteiger partial charge in [0.15, 0.2) is 0 Å². The van der Waals surface area contributed by atoms with E-state index in [9.17, 15) is 0 Å². The number of rotatable bonds is 2. The molecule has 0 aliphatic carbocycles. The van der Waals surface area contributed by atoms with Gasteiger partial charge in [0.25, 0.3) is 0 Å². The van der Waals surface area contributed by atoms with Gasteiger partial charge < -0.3 is 0 Å². The first-order valence-electron chi connectivity index (χ1n) is 8.58.